The molecule has 1 unspecified atom stereocenters. The van der Waals surface area contributed by atoms with Crippen LogP contribution in [0.4, 0.5) is 8.78 Å². The quantitative estimate of drug-likeness (QED) is 0.787. The Hall–Kier alpha value is -1.71. The molecule has 0 aliphatic heterocycles. The molecule has 1 aliphatic rings. The predicted octanol–water partition coefficient (Wildman–Crippen LogP) is 2.80. The second-order valence-corrected chi connectivity index (χ2v) is 4.06. The lowest BCUT2D eigenvalue weighted by Gasteiger charge is -2.19. The van der Waals surface area contributed by atoms with E-state index in [1.807, 2.05) is 12.2 Å². The minimum Gasteiger partial charge on any atom is -0.349 e. The van der Waals surface area contributed by atoms with Gasteiger partial charge in [0, 0.05) is 6.04 Å². The van der Waals surface area contributed by atoms with Gasteiger partial charge in [-0.3, -0.25) is 4.79 Å². The number of benzene rings is 1. The van der Waals surface area contributed by atoms with Crippen LogP contribution in [0, 0.1) is 11.6 Å². The van der Waals surface area contributed by atoms with Crippen molar-refractivity contribution in [1.82, 2.24) is 5.32 Å². The van der Waals surface area contributed by atoms with E-state index < -0.39 is 17.5 Å². The SMILES string of the molecule is O=C(NC1CC=CCC1)c1cccc(F)c1F. The monoisotopic (exact) mass is 237 g/mol. The van der Waals surface area contributed by atoms with Crippen molar-refractivity contribution < 1.29 is 13.6 Å². The van der Waals surface area contributed by atoms with Crippen LogP contribution >= 0.6 is 0 Å². The summed E-state index contributed by atoms with van der Waals surface area (Å²) in [6, 6.07) is 3.62. The van der Waals surface area contributed by atoms with Gasteiger partial charge >= 0.3 is 0 Å². The van der Waals surface area contributed by atoms with Gasteiger partial charge in [0.15, 0.2) is 11.6 Å². The van der Waals surface area contributed by atoms with Gasteiger partial charge in [0.2, 0.25) is 0 Å². The zero-order chi connectivity index (χ0) is 12.3. The normalized spacial score (nSPS) is 19.1. The first-order chi connectivity index (χ1) is 8.18. The van der Waals surface area contributed by atoms with E-state index in [1.165, 1.54) is 12.1 Å². The van der Waals surface area contributed by atoms with Gasteiger partial charge < -0.3 is 5.32 Å². The summed E-state index contributed by atoms with van der Waals surface area (Å²) in [6.45, 7) is 0. The molecule has 17 heavy (non-hydrogen) atoms. The van der Waals surface area contributed by atoms with Crippen molar-refractivity contribution in [2.24, 2.45) is 0 Å². The average Bonchev–Trinajstić information content (AvgIpc) is 2.34. The number of hydrogen-bond acceptors (Lipinski definition) is 1. The summed E-state index contributed by atoms with van der Waals surface area (Å²) in [6.07, 6.45) is 6.50. The highest BCUT2D eigenvalue weighted by Gasteiger charge is 2.18. The molecule has 1 atom stereocenters. The Balaban J connectivity index is 2.09. The molecule has 2 nitrogen and oxygen atoms in total. The molecule has 0 saturated heterocycles. The summed E-state index contributed by atoms with van der Waals surface area (Å²) < 4.78 is 26.3. The van der Waals surface area contributed by atoms with Crippen LogP contribution in [0.25, 0.3) is 0 Å². The van der Waals surface area contributed by atoms with Crippen LogP contribution in [0.5, 0.6) is 0 Å². The van der Waals surface area contributed by atoms with Gasteiger partial charge in [-0.25, -0.2) is 8.78 Å². The van der Waals surface area contributed by atoms with Crippen LogP contribution in [0.3, 0.4) is 0 Å². The summed E-state index contributed by atoms with van der Waals surface area (Å²) in [5, 5.41) is 2.71. The highest BCUT2D eigenvalue weighted by atomic mass is 19.2. The molecule has 0 bridgehead atoms. The van der Waals surface area contributed by atoms with Crippen LogP contribution in [-0.4, -0.2) is 11.9 Å². The van der Waals surface area contributed by atoms with Crippen molar-refractivity contribution in [3.63, 3.8) is 0 Å². The lowest BCUT2D eigenvalue weighted by Crippen LogP contribution is -2.35. The van der Waals surface area contributed by atoms with Crippen LogP contribution in [0.1, 0.15) is 29.6 Å². The molecule has 1 aliphatic carbocycles. The first kappa shape index (κ1) is 11.8. The molecule has 0 radical (unpaired) electrons. The third-order valence-corrected chi connectivity index (χ3v) is 2.80. The molecule has 0 heterocycles. The maximum absolute atomic E-state index is 13.4. The van der Waals surface area contributed by atoms with Crippen molar-refractivity contribution in [2.45, 2.75) is 25.3 Å². The summed E-state index contributed by atoms with van der Waals surface area (Å²) >= 11 is 0. The summed E-state index contributed by atoms with van der Waals surface area (Å²) in [7, 11) is 0. The minimum atomic E-state index is -1.09. The molecule has 90 valence electrons. The Morgan fingerprint density at radius 2 is 2.12 bits per heavy atom. The largest absolute Gasteiger partial charge is 0.349 e. The maximum atomic E-state index is 13.4. The van der Waals surface area contributed by atoms with E-state index in [1.54, 1.807) is 0 Å². The smallest absolute Gasteiger partial charge is 0.254 e. The van der Waals surface area contributed by atoms with Crippen LogP contribution in [-0.2, 0) is 0 Å². The third kappa shape index (κ3) is 2.70. The lowest BCUT2D eigenvalue weighted by molar-refractivity contribution is 0.0929. The van der Waals surface area contributed by atoms with E-state index >= 15 is 0 Å². The topological polar surface area (TPSA) is 29.1 Å². The molecule has 0 spiro atoms. The first-order valence-electron chi connectivity index (χ1n) is 5.58. The Morgan fingerprint density at radius 3 is 2.82 bits per heavy atom. The zero-order valence-electron chi connectivity index (χ0n) is 9.25. The minimum absolute atomic E-state index is 0.00941. The van der Waals surface area contributed by atoms with Crippen LogP contribution < -0.4 is 5.32 Å². The number of nitrogens with one attached hydrogen (secondary N) is 1. The molecule has 0 aromatic heterocycles. The number of carbonyl (C=O) groups excluding carboxylic acids is 1. The van der Waals surface area contributed by atoms with E-state index in [0.29, 0.717) is 0 Å². The highest BCUT2D eigenvalue weighted by Crippen LogP contribution is 2.14. The number of amides is 1. The van der Waals surface area contributed by atoms with E-state index in [4.69, 9.17) is 0 Å². The van der Waals surface area contributed by atoms with Crippen molar-refractivity contribution in [3.8, 4) is 0 Å². The molecule has 1 aromatic rings. The number of hydrogen-bond donors (Lipinski definition) is 1. The zero-order valence-corrected chi connectivity index (χ0v) is 9.25. The Morgan fingerprint density at radius 1 is 1.29 bits per heavy atom. The van der Waals surface area contributed by atoms with Crippen LogP contribution in [0.15, 0.2) is 30.4 Å². The Labute approximate surface area is 98.3 Å². The molecule has 2 rings (SSSR count). The van der Waals surface area contributed by atoms with Gasteiger partial charge in [0.05, 0.1) is 5.56 Å². The maximum Gasteiger partial charge on any atom is 0.254 e. The molecule has 0 fully saturated rings. The second kappa shape index (κ2) is 5.08. The van der Waals surface area contributed by atoms with E-state index in [-0.39, 0.29) is 11.6 Å². The molecule has 1 aromatic carbocycles. The summed E-state index contributed by atoms with van der Waals surface area (Å²) in [5.41, 5.74) is -0.237. The summed E-state index contributed by atoms with van der Waals surface area (Å²) in [5.74, 6) is -2.64. The predicted molar refractivity (Wildman–Crippen MR) is 60.6 cm³/mol. The van der Waals surface area contributed by atoms with E-state index in [2.05, 4.69) is 5.32 Å². The molecule has 1 N–H and O–H groups in total. The Bertz CT molecular complexity index is 457. The van der Waals surface area contributed by atoms with Gasteiger partial charge in [0.25, 0.3) is 5.91 Å². The van der Waals surface area contributed by atoms with E-state index in [9.17, 15) is 13.6 Å². The van der Waals surface area contributed by atoms with E-state index in [0.717, 1.165) is 25.3 Å². The summed E-state index contributed by atoms with van der Waals surface area (Å²) in [4.78, 5) is 11.7. The number of carbonyl (C=O) groups is 1. The second-order valence-electron chi connectivity index (χ2n) is 4.06. The molecule has 0 saturated carbocycles. The average molecular weight is 237 g/mol. The molecular weight excluding hydrogens is 224 g/mol. The standard InChI is InChI=1S/C13H13F2NO/c14-11-8-4-7-10(12(11)15)13(17)16-9-5-2-1-3-6-9/h1-2,4,7-9H,3,5-6H2,(H,16,17). The number of rotatable bonds is 2. The van der Waals surface area contributed by atoms with Crippen molar-refractivity contribution in [2.75, 3.05) is 0 Å². The third-order valence-electron chi connectivity index (χ3n) is 2.80. The number of allylic oxidation sites excluding steroid dienone is 1. The fraction of sp³-hybridized carbons (Fsp3) is 0.308. The molecule has 4 heteroatoms. The molecule has 1 amide bonds. The fourth-order valence-corrected chi connectivity index (χ4v) is 1.87. The Kier molecular flexibility index (Phi) is 3.52. The van der Waals surface area contributed by atoms with Crippen molar-refractivity contribution in [1.29, 1.82) is 0 Å². The van der Waals surface area contributed by atoms with Crippen molar-refractivity contribution in [3.05, 3.63) is 47.5 Å². The van der Waals surface area contributed by atoms with Crippen molar-refractivity contribution >= 4 is 5.91 Å². The first-order valence-corrected chi connectivity index (χ1v) is 5.58. The van der Waals surface area contributed by atoms with Gasteiger partial charge in [-0.2, -0.15) is 0 Å². The van der Waals surface area contributed by atoms with Gasteiger partial charge in [-0.05, 0) is 31.4 Å². The highest BCUT2D eigenvalue weighted by molar-refractivity contribution is 5.94. The number of halogens is 2. The van der Waals surface area contributed by atoms with Gasteiger partial charge in [0.1, 0.15) is 0 Å². The molecular formula is C13H13F2NO. The van der Waals surface area contributed by atoms with Gasteiger partial charge in [-0.15, -0.1) is 0 Å². The van der Waals surface area contributed by atoms with Gasteiger partial charge in [-0.1, -0.05) is 18.2 Å². The lowest BCUT2D eigenvalue weighted by atomic mass is 10.0. The van der Waals surface area contributed by atoms with Crippen LogP contribution in [0.2, 0.25) is 0 Å². The fourth-order valence-electron chi connectivity index (χ4n) is 1.87.